The Morgan fingerprint density at radius 3 is 2.81 bits per heavy atom. The molecule has 1 amide bonds. The van der Waals surface area contributed by atoms with Crippen LogP contribution in [-0.4, -0.2) is 41.0 Å². The summed E-state index contributed by atoms with van der Waals surface area (Å²) >= 11 is 0. The van der Waals surface area contributed by atoms with E-state index in [0.29, 0.717) is 37.6 Å². The standard InChI is InChI=1S/C15H17N3O3/c1-10-3-4-13(21-10)15(19)18-7-5-11-12(6-8-18)16-9-17-14(11)20-2/h3-4,9H,5-8H2,1-2H3. The molecule has 0 fully saturated rings. The fourth-order valence-electron chi connectivity index (χ4n) is 2.58. The van der Waals surface area contributed by atoms with E-state index in [1.165, 1.54) is 6.33 Å². The minimum atomic E-state index is -0.0807. The van der Waals surface area contributed by atoms with E-state index in [9.17, 15) is 4.79 Å². The molecule has 6 heteroatoms. The van der Waals surface area contributed by atoms with Crippen LogP contribution in [0.25, 0.3) is 0 Å². The van der Waals surface area contributed by atoms with Crippen LogP contribution in [-0.2, 0) is 12.8 Å². The predicted octanol–water partition coefficient (Wildman–Crippen LogP) is 1.63. The van der Waals surface area contributed by atoms with Gasteiger partial charge in [0.15, 0.2) is 5.76 Å². The molecular weight excluding hydrogens is 270 g/mol. The van der Waals surface area contributed by atoms with Crippen molar-refractivity contribution in [2.24, 2.45) is 0 Å². The third-order valence-corrected chi connectivity index (χ3v) is 3.68. The minimum Gasteiger partial charge on any atom is -0.481 e. The summed E-state index contributed by atoms with van der Waals surface area (Å²) in [5.74, 6) is 1.64. The molecule has 0 radical (unpaired) electrons. The van der Waals surface area contributed by atoms with E-state index in [4.69, 9.17) is 9.15 Å². The van der Waals surface area contributed by atoms with Gasteiger partial charge in [-0.05, 0) is 25.5 Å². The predicted molar refractivity (Wildman–Crippen MR) is 75.3 cm³/mol. The van der Waals surface area contributed by atoms with Crippen LogP contribution < -0.4 is 4.74 Å². The van der Waals surface area contributed by atoms with Gasteiger partial charge in [0.05, 0.1) is 12.8 Å². The van der Waals surface area contributed by atoms with E-state index in [-0.39, 0.29) is 5.91 Å². The van der Waals surface area contributed by atoms with Gasteiger partial charge < -0.3 is 14.1 Å². The highest BCUT2D eigenvalue weighted by Gasteiger charge is 2.24. The lowest BCUT2D eigenvalue weighted by atomic mass is 10.1. The van der Waals surface area contributed by atoms with Crippen LogP contribution in [0.5, 0.6) is 5.88 Å². The second-order valence-electron chi connectivity index (χ2n) is 5.01. The van der Waals surface area contributed by atoms with Crippen LogP contribution in [0, 0.1) is 6.92 Å². The number of fused-ring (bicyclic) bond motifs is 1. The second-order valence-corrected chi connectivity index (χ2v) is 5.01. The van der Waals surface area contributed by atoms with Crippen molar-refractivity contribution in [1.29, 1.82) is 0 Å². The lowest BCUT2D eigenvalue weighted by Crippen LogP contribution is -2.33. The highest BCUT2D eigenvalue weighted by atomic mass is 16.5. The van der Waals surface area contributed by atoms with Crippen LogP contribution in [0.2, 0.25) is 0 Å². The summed E-state index contributed by atoms with van der Waals surface area (Å²) in [6.45, 7) is 3.05. The number of amides is 1. The molecule has 1 aliphatic rings. The summed E-state index contributed by atoms with van der Waals surface area (Å²) in [4.78, 5) is 22.7. The van der Waals surface area contributed by atoms with Gasteiger partial charge in [0.2, 0.25) is 5.88 Å². The van der Waals surface area contributed by atoms with E-state index in [1.807, 2.05) is 6.92 Å². The van der Waals surface area contributed by atoms with Gasteiger partial charge in [0.25, 0.3) is 5.91 Å². The zero-order valence-corrected chi connectivity index (χ0v) is 12.1. The summed E-state index contributed by atoms with van der Waals surface area (Å²) < 4.78 is 10.7. The van der Waals surface area contributed by atoms with E-state index >= 15 is 0 Å². The Morgan fingerprint density at radius 2 is 2.10 bits per heavy atom. The van der Waals surface area contributed by atoms with Gasteiger partial charge in [0, 0.05) is 25.1 Å². The molecule has 3 rings (SSSR count). The number of methoxy groups -OCH3 is 1. The highest BCUT2D eigenvalue weighted by molar-refractivity contribution is 5.91. The zero-order chi connectivity index (χ0) is 14.8. The molecule has 0 unspecified atom stereocenters. The number of carbonyl (C=O) groups excluding carboxylic acids is 1. The molecule has 0 atom stereocenters. The van der Waals surface area contributed by atoms with E-state index in [2.05, 4.69) is 9.97 Å². The summed E-state index contributed by atoms with van der Waals surface area (Å²) in [5.41, 5.74) is 1.94. The van der Waals surface area contributed by atoms with Crippen molar-refractivity contribution in [3.8, 4) is 5.88 Å². The molecule has 3 heterocycles. The fourth-order valence-corrected chi connectivity index (χ4v) is 2.58. The van der Waals surface area contributed by atoms with Crippen LogP contribution in [0.4, 0.5) is 0 Å². The van der Waals surface area contributed by atoms with Crippen molar-refractivity contribution in [2.45, 2.75) is 19.8 Å². The summed E-state index contributed by atoms with van der Waals surface area (Å²) in [7, 11) is 1.60. The largest absolute Gasteiger partial charge is 0.481 e. The topological polar surface area (TPSA) is 68.5 Å². The number of rotatable bonds is 2. The van der Waals surface area contributed by atoms with E-state index < -0.39 is 0 Å². The molecule has 0 aliphatic carbocycles. The SMILES string of the molecule is COc1ncnc2c1CCN(C(=O)c1ccc(C)o1)CC2. The molecule has 0 aromatic carbocycles. The molecule has 21 heavy (non-hydrogen) atoms. The Balaban J connectivity index is 1.80. The molecule has 0 bridgehead atoms. The number of nitrogens with zero attached hydrogens (tertiary/aromatic N) is 3. The fraction of sp³-hybridized carbons (Fsp3) is 0.400. The molecule has 6 nitrogen and oxygen atoms in total. The van der Waals surface area contributed by atoms with E-state index in [1.54, 1.807) is 24.1 Å². The van der Waals surface area contributed by atoms with Crippen LogP contribution in [0.3, 0.4) is 0 Å². The first-order valence-corrected chi connectivity index (χ1v) is 6.91. The maximum Gasteiger partial charge on any atom is 0.289 e. The van der Waals surface area contributed by atoms with Crippen molar-refractivity contribution in [1.82, 2.24) is 14.9 Å². The summed E-state index contributed by atoms with van der Waals surface area (Å²) in [6.07, 6.45) is 2.88. The van der Waals surface area contributed by atoms with Gasteiger partial charge in [-0.2, -0.15) is 0 Å². The first kappa shape index (κ1) is 13.6. The normalized spacial score (nSPS) is 14.5. The van der Waals surface area contributed by atoms with Gasteiger partial charge in [0.1, 0.15) is 12.1 Å². The first-order valence-electron chi connectivity index (χ1n) is 6.91. The Hall–Kier alpha value is -2.37. The van der Waals surface area contributed by atoms with Crippen LogP contribution in [0.15, 0.2) is 22.9 Å². The average molecular weight is 287 g/mol. The van der Waals surface area contributed by atoms with Crippen molar-refractivity contribution >= 4 is 5.91 Å². The summed E-state index contributed by atoms with van der Waals surface area (Å²) in [6, 6.07) is 3.52. The number of hydrogen-bond acceptors (Lipinski definition) is 5. The molecule has 1 aliphatic heterocycles. The summed E-state index contributed by atoms with van der Waals surface area (Å²) in [5, 5.41) is 0. The molecule has 0 N–H and O–H groups in total. The van der Waals surface area contributed by atoms with Gasteiger partial charge in [-0.15, -0.1) is 0 Å². The third-order valence-electron chi connectivity index (χ3n) is 3.68. The van der Waals surface area contributed by atoms with Crippen molar-refractivity contribution in [3.63, 3.8) is 0 Å². The average Bonchev–Trinajstić information content (AvgIpc) is 2.81. The van der Waals surface area contributed by atoms with Crippen molar-refractivity contribution < 1.29 is 13.9 Å². The molecule has 2 aromatic heterocycles. The lowest BCUT2D eigenvalue weighted by Gasteiger charge is -2.18. The van der Waals surface area contributed by atoms with Crippen molar-refractivity contribution in [2.75, 3.05) is 20.2 Å². The van der Waals surface area contributed by atoms with Crippen LogP contribution >= 0.6 is 0 Å². The lowest BCUT2D eigenvalue weighted by molar-refractivity contribution is 0.0729. The number of aromatic nitrogens is 2. The maximum atomic E-state index is 12.4. The Bertz CT molecular complexity index is 666. The number of aryl methyl sites for hydroxylation is 1. The number of carbonyl (C=O) groups is 1. The maximum absolute atomic E-state index is 12.4. The molecule has 0 saturated carbocycles. The molecule has 110 valence electrons. The van der Waals surface area contributed by atoms with E-state index in [0.717, 1.165) is 17.0 Å². The van der Waals surface area contributed by atoms with Gasteiger partial charge >= 0.3 is 0 Å². The number of furan rings is 1. The second kappa shape index (κ2) is 5.55. The van der Waals surface area contributed by atoms with Gasteiger partial charge in [-0.25, -0.2) is 9.97 Å². The monoisotopic (exact) mass is 287 g/mol. The third kappa shape index (κ3) is 2.61. The minimum absolute atomic E-state index is 0.0807. The van der Waals surface area contributed by atoms with Gasteiger partial charge in [-0.1, -0.05) is 0 Å². The van der Waals surface area contributed by atoms with Crippen LogP contribution in [0.1, 0.15) is 27.6 Å². The molecule has 0 spiro atoms. The number of ether oxygens (including phenoxy) is 1. The zero-order valence-electron chi connectivity index (χ0n) is 12.1. The Morgan fingerprint density at radius 1 is 1.29 bits per heavy atom. The molecule has 0 saturated heterocycles. The van der Waals surface area contributed by atoms with Gasteiger partial charge in [-0.3, -0.25) is 4.79 Å². The highest BCUT2D eigenvalue weighted by Crippen LogP contribution is 2.22. The molecule has 2 aromatic rings. The number of hydrogen-bond donors (Lipinski definition) is 0. The quantitative estimate of drug-likeness (QED) is 0.839. The Labute approximate surface area is 122 Å². The smallest absolute Gasteiger partial charge is 0.289 e. The Kier molecular flexibility index (Phi) is 3.60. The first-order chi connectivity index (χ1) is 10.2. The molecular formula is C15H17N3O3. The van der Waals surface area contributed by atoms with Crippen molar-refractivity contribution in [3.05, 3.63) is 41.2 Å².